The van der Waals surface area contributed by atoms with Gasteiger partial charge in [-0.25, -0.2) is 8.42 Å². The highest BCUT2D eigenvalue weighted by molar-refractivity contribution is 7.92. The Morgan fingerprint density at radius 1 is 1.07 bits per heavy atom. The van der Waals surface area contributed by atoms with E-state index in [2.05, 4.69) is 25.5 Å². The largest absolute Gasteiger partial charge is 0.468 e. The number of carbonyl (C=O) groups excluding carboxylic acids is 1. The number of carbonyl (C=O) groups is 1. The SMILES string of the molecule is CC(C)(C)c1ccc(S(=O)(=O)N2CCc3ccccc32)cc1.CCOC=O. The first-order valence-electron chi connectivity index (χ1n) is 8.98. The van der Waals surface area contributed by atoms with Crippen molar-refractivity contribution in [2.75, 3.05) is 17.5 Å². The number of para-hydroxylation sites is 1. The van der Waals surface area contributed by atoms with Crippen LogP contribution in [0.1, 0.15) is 38.8 Å². The summed E-state index contributed by atoms with van der Waals surface area (Å²) in [6.07, 6.45) is 0.773. The molecule has 0 aromatic heterocycles. The summed E-state index contributed by atoms with van der Waals surface area (Å²) in [6, 6.07) is 15.0. The van der Waals surface area contributed by atoms with Crippen molar-refractivity contribution in [3.05, 3.63) is 59.7 Å². The van der Waals surface area contributed by atoms with E-state index < -0.39 is 10.0 Å². The molecule has 2 aromatic carbocycles. The minimum atomic E-state index is -3.48. The van der Waals surface area contributed by atoms with Crippen LogP contribution in [0.2, 0.25) is 0 Å². The summed E-state index contributed by atoms with van der Waals surface area (Å²) in [5.41, 5.74) is 3.05. The van der Waals surface area contributed by atoms with Crippen molar-refractivity contribution < 1.29 is 17.9 Å². The molecule has 0 amide bonds. The lowest BCUT2D eigenvalue weighted by Gasteiger charge is -2.22. The number of hydrogen-bond donors (Lipinski definition) is 0. The van der Waals surface area contributed by atoms with Crippen molar-refractivity contribution >= 4 is 22.2 Å². The van der Waals surface area contributed by atoms with Crippen LogP contribution in [-0.4, -0.2) is 28.0 Å². The third kappa shape index (κ3) is 4.89. The number of fused-ring (bicyclic) bond motifs is 1. The maximum absolute atomic E-state index is 12.9. The van der Waals surface area contributed by atoms with Crippen LogP contribution in [0.25, 0.3) is 0 Å². The molecular weight excluding hydrogens is 362 g/mol. The zero-order chi connectivity index (χ0) is 20.1. The zero-order valence-corrected chi connectivity index (χ0v) is 17.1. The molecule has 0 aliphatic carbocycles. The Kier molecular flexibility index (Phi) is 6.65. The number of sulfonamides is 1. The first-order valence-corrected chi connectivity index (χ1v) is 10.4. The quantitative estimate of drug-likeness (QED) is 0.744. The molecular formula is C21H27NO4S. The van der Waals surface area contributed by atoms with E-state index in [4.69, 9.17) is 0 Å². The summed E-state index contributed by atoms with van der Waals surface area (Å²) in [5, 5.41) is 0. The van der Waals surface area contributed by atoms with Gasteiger partial charge in [-0.15, -0.1) is 0 Å². The molecule has 1 heterocycles. The van der Waals surface area contributed by atoms with E-state index in [0.29, 0.717) is 24.5 Å². The average molecular weight is 390 g/mol. The molecule has 0 fully saturated rings. The van der Waals surface area contributed by atoms with Crippen molar-refractivity contribution in [3.8, 4) is 0 Å². The molecule has 0 spiro atoms. The molecule has 0 unspecified atom stereocenters. The molecule has 2 aromatic rings. The van der Waals surface area contributed by atoms with Gasteiger partial charge in [0.05, 0.1) is 17.2 Å². The number of rotatable bonds is 4. The van der Waals surface area contributed by atoms with Crippen LogP contribution in [-0.2, 0) is 31.4 Å². The highest BCUT2D eigenvalue weighted by atomic mass is 32.2. The van der Waals surface area contributed by atoms with E-state index in [1.165, 1.54) is 4.31 Å². The van der Waals surface area contributed by atoms with Gasteiger partial charge in [-0.2, -0.15) is 0 Å². The normalized spacial score (nSPS) is 13.4. The van der Waals surface area contributed by atoms with Gasteiger partial charge in [-0.3, -0.25) is 9.10 Å². The van der Waals surface area contributed by atoms with E-state index in [0.717, 1.165) is 23.2 Å². The summed E-state index contributed by atoms with van der Waals surface area (Å²) in [7, 11) is -3.48. The first-order chi connectivity index (χ1) is 12.7. The molecule has 0 radical (unpaired) electrons. The lowest BCUT2D eigenvalue weighted by molar-refractivity contribution is -0.128. The molecule has 27 heavy (non-hydrogen) atoms. The van der Waals surface area contributed by atoms with E-state index in [-0.39, 0.29) is 5.41 Å². The highest BCUT2D eigenvalue weighted by Crippen LogP contribution is 2.33. The number of benzene rings is 2. The second-order valence-electron chi connectivity index (χ2n) is 7.28. The van der Waals surface area contributed by atoms with Crippen LogP contribution in [0.3, 0.4) is 0 Å². The third-order valence-electron chi connectivity index (χ3n) is 4.39. The van der Waals surface area contributed by atoms with Crippen molar-refractivity contribution in [2.45, 2.75) is 44.4 Å². The van der Waals surface area contributed by atoms with Crippen molar-refractivity contribution in [1.82, 2.24) is 0 Å². The molecule has 146 valence electrons. The Balaban J connectivity index is 0.000000465. The molecule has 0 saturated heterocycles. The molecule has 0 saturated carbocycles. The molecule has 3 rings (SSSR count). The van der Waals surface area contributed by atoms with Crippen LogP contribution in [0, 0.1) is 0 Å². The molecule has 5 nitrogen and oxygen atoms in total. The van der Waals surface area contributed by atoms with Crippen LogP contribution < -0.4 is 4.31 Å². The maximum Gasteiger partial charge on any atom is 0.293 e. The van der Waals surface area contributed by atoms with Crippen LogP contribution in [0.15, 0.2) is 53.4 Å². The monoisotopic (exact) mass is 389 g/mol. The van der Waals surface area contributed by atoms with Crippen LogP contribution in [0.5, 0.6) is 0 Å². The Hall–Kier alpha value is -2.34. The average Bonchev–Trinajstić information content (AvgIpc) is 3.07. The summed E-state index contributed by atoms with van der Waals surface area (Å²) in [4.78, 5) is 9.54. The Labute approximate surface area is 162 Å². The van der Waals surface area contributed by atoms with Crippen LogP contribution >= 0.6 is 0 Å². The summed E-state index contributed by atoms with van der Waals surface area (Å²) < 4.78 is 31.4. The smallest absolute Gasteiger partial charge is 0.293 e. The maximum atomic E-state index is 12.9. The summed E-state index contributed by atoms with van der Waals surface area (Å²) >= 11 is 0. The predicted octanol–water partition coefficient (Wildman–Crippen LogP) is 3.91. The minimum absolute atomic E-state index is 0.0164. The van der Waals surface area contributed by atoms with Crippen LogP contribution in [0.4, 0.5) is 5.69 Å². The van der Waals surface area contributed by atoms with Crippen molar-refractivity contribution in [3.63, 3.8) is 0 Å². The Bertz CT molecular complexity index is 868. The fourth-order valence-electron chi connectivity index (χ4n) is 2.88. The standard InChI is InChI=1S/C18H21NO2S.C3H6O2/c1-18(2,3)15-8-10-16(11-9-15)22(20,21)19-13-12-14-6-4-5-7-17(14)19;1-2-5-3-4/h4-11H,12-13H2,1-3H3;3H,2H2,1H3. The van der Waals surface area contributed by atoms with Gasteiger partial charge in [0, 0.05) is 6.54 Å². The van der Waals surface area contributed by atoms with Crippen molar-refractivity contribution in [1.29, 1.82) is 0 Å². The molecule has 1 aliphatic heterocycles. The molecule has 0 N–H and O–H groups in total. The van der Waals surface area contributed by atoms with Gasteiger partial charge >= 0.3 is 0 Å². The third-order valence-corrected chi connectivity index (χ3v) is 6.22. The summed E-state index contributed by atoms with van der Waals surface area (Å²) in [6.45, 7) is 9.54. The number of nitrogens with zero attached hydrogens (tertiary/aromatic N) is 1. The number of ether oxygens (including phenoxy) is 1. The highest BCUT2D eigenvalue weighted by Gasteiger charge is 2.30. The van der Waals surface area contributed by atoms with E-state index in [1.807, 2.05) is 36.4 Å². The van der Waals surface area contributed by atoms with Gasteiger partial charge in [-0.05, 0) is 48.1 Å². The second-order valence-corrected chi connectivity index (χ2v) is 9.14. The lowest BCUT2D eigenvalue weighted by atomic mass is 9.87. The number of anilines is 1. The van der Waals surface area contributed by atoms with E-state index in [9.17, 15) is 13.2 Å². The van der Waals surface area contributed by atoms with E-state index in [1.54, 1.807) is 19.1 Å². The topological polar surface area (TPSA) is 63.7 Å². The molecule has 6 heteroatoms. The molecule has 0 atom stereocenters. The Morgan fingerprint density at radius 3 is 2.22 bits per heavy atom. The summed E-state index contributed by atoms with van der Waals surface area (Å²) in [5.74, 6) is 0. The molecule has 0 bridgehead atoms. The minimum Gasteiger partial charge on any atom is -0.468 e. The van der Waals surface area contributed by atoms with Crippen molar-refractivity contribution in [2.24, 2.45) is 0 Å². The fourth-order valence-corrected chi connectivity index (χ4v) is 4.38. The number of hydrogen-bond acceptors (Lipinski definition) is 4. The Morgan fingerprint density at radius 2 is 1.70 bits per heavy atom. The van der Waals surface area contributed by atoms with Gasteiger partial charge in [0.2, 0.25) is 0 Å². The zero-order valence-electron chi connectivity index (χ0n) is 16.3. The first kappa shape index (κ1) is 21.0. The lowest BCUT2D eigenvalue weighted by Crippen LogP contribution is -2.29. The van der Waals surface area contributed by atoms with E-state index >= 15 is 0 Å². The van der Waals surface area contributed by atoms with Gasteiger partial charge < -0.3 is 4.74 Å². The molecule has 1 aliphatic rings. The van der Waals surface area contributed by atoms with Gasteiger partial charge in [0.1, 0.15) is 0 Å². The van der Waals surface area contributed by atoms with Gasteiger partial charge in [-0.1, -0.05) is 51.1 Å². The van der Waals surface area contributed by atoms with Gasteiger partial charge in [0.15, 0.2) is 0 Å². The second kappa shape index (κ2) is 8.57. The predicted molar refractivity (Wildman–Crippen MR) is 108 cm³/mol. The van der Waals surface area contributed by atoms with Gasteiger partial charge in [0.25, 0.3) is 16.5 Å². The fraction of sp³-hybridized carbons (Fsp3) is 0.381.